The van der Waals surface area contributed by atoms with E-state index in [0.717, 1.165) is 6.08 Å². The minimum atomic E-state index is -0.657. The molecule has 0 aliphatic rings. The highest BCUT2D eigenvalue weighted by Crippen LogP contribution is 1.92. The molecule has 114 valence electrons. The molecule has 0 saturated carbocycles. The summed E-state index contributed by atoms with van der Waals surface area (Å²) in [5, 5.41) is 4.69. The maximum atomic E-state index is 11.3. The van der Waals surface area contributed by atoms with Gasteiger partial charge in [0.1, 0.15) is 13.2 Å². The van der Waals surface area contributed by atoms with Crippen LogP contribution in [-0.4, -0.2) is 50.6 Å². The van der Waals surface area contributed by atoms with E-state index in [-0.39, 0.29) is 19.7 Å². The third-order valence-corrected chi connectivity index (χ3v) is 1.89. The van der Waals surface area contributed by atoms with Crippen molar-refractivity contribution >= 4 is 18.0 Å². The third-order valence-electron chi connectivity index (χ3n) is 1.89. The molecule has 1 atom stereocenters. The number of urea groups is 1. The Bertz CT molecular complexity index is 345. The maximum absolute atomic E-state index is 11.3. The van der Waals surface area contributed by atoms with Crippen LogP contribution in [0, 0.1) is 0 Å². The summed E-state index contributed by atoms with van der Waals surface area (Å²) >= 11 is 0. The summed E-state index contributed by atoms with van der Waals surface area (Å²) in [6.07, 6.45) is 0.367. The lowest BCUT2D eigenvalue weighted by Gasteiger charge is -2.13. The Balaban J connectivity index is 3.64. The lowest BCUT2D eigenvalue weighted by molar-refractivity contribution is -0.172. The smallest absolute Gasteiger partial charge is 0.330 e. The van der Waals surface area contributed by atoms with E-state index in [1.165, 1.54) is 0 Å². The molecule has 0 aromatic carbocycles. The second-order valence-corrected chi connectivity index (χ2v) is 3.49. The minimum Gasteiger partial charge on any atom is -0.461 e. The first-order chi connectivity index (χ1) is 9.49. The maximum Gasteiger partial charge on any atom is 0.330 e. The molecule has 0 aromatic rings. The van der Waals surface area contributed by atoms with Crippen molar-refractivity contribution in [1.29, 1.82) is 0 Å². The minimum absolute atomic E-state index is 0.0180. The standard InChI is InChI=1S/C12H20N2O6/c1-4-10(15)19-7-6-13-12(17)14-8-11(16)20-9(3)18-5-2/h4,9H,1,5-8H2,2-3H3,(H2,13,14,17). The molecule has 2 amide bonds. The normalized spacial score (nSPS) is 11.1. The van der Waals surface area contributed by atoms with Crippen LogP contribution in [0.4, 0.5) is 4.79 Å². The van der Waals surface area contributed by atoms with Crippen molar-refractivity contribution in [2.45, 2.75) is 20.1 Å². The number of carbonyl (C=O) groups excluding carboxylic acids is 3. The molecular weight excluding hydrogens is 268 g/mol. The van der Waals surface area contributed by atoms with Gasteiger partial charge in [-0.3, -0.25) is 4.79 Å². The fourth-order valence-electron chi connectivity index (χ4n) is 1.09. The predicted molar refractivity (Wildman–Crippen MR) is 69.7 cm³/mol. The SMILES string of the molecule is C=CC(=O)OCCNC(=O)NCC(=O)OC(C)OCC. The van der Waals surface area contributed by atoms with E-state index in [1.807, 2.05) is 0 Å². The fraction of sp³-hybridized carbons (Fsp3) is 0.583. The van der Waals surface area contributed by atoms with Crippen LogP contribution in [-0.2, 0) is 23.8 Å². The van der Waals surface area contributed by atoms with Gasteiger partial charge in [0.15, 0.2) is 6.29 Å². The molecule has 20 heavy (non-hydrogen) atoms. The summed E-state index contributed by atoms with van der Waals surface area (Å²) in [7, 11) is 0. The number of rotatable bonds is 9. The van der Waals surface area contributed by atoms with Gasteiger partial charge in [-0.25, -0.2) is 9.59 Å². The van der Waals surface area contributed by atoms with Gasteiger partial charge in [-0.1, -0.05) is 6.58 Å². The molecule has 0 fully saturated rings. The monoisotopic (exact) mass is 288 g/mol. The molecule has 0 bridgehead atoms. The highest BCUT2D eigenvalue weighted by atomic mass is 16.7. The van der Waals surface area contributed by atoms with Crippen LogP contribution < -0.4 is 10.6 Å². The van der Waals surface area contributed by atoms with Crippen molar-refractivity contribution in [3.05, 3.63) is 12.7 Å². The van der Waals surface area contributed by atoms with Crippen LogP contribution in [0.25, 0.3) is 0 Å². The Morgan fingerprint density at radius 3 is 2.60 bits per heavy atom. The molecular formula is C12H20N2O6. The quantitative estimate of drug-likeness (QED) is 0.267. The summed E-state index contributed by atoms with van der Waals surface area (Å²) in [6, 6.07) is -0.569. The van der Waals surface area contributed by atoms with Crippen molar-refractivity contribution in [2.24, 2.45) is 0 Å². The second-order valence-electron chi connectivity index (χ2n) is 3.49. The van der Waals surface area contributed by atoms with Crippen LogP contribution in [0.15, 0.2) is 12.7 Å². The summed E-state index contributed by atoms with van der Waals surface area (Å²) in [4.78, 5) is 33.2. The molecule has 0 aliphatic carbocycles. The number of carbonyl (C=O) groups is 3. The highest BCUT2D eigenvalue weighted by Gasteiger charge is 2.10. The van der Waals surface area contributed by atoms with E-state index < -0.39 is 24.3 Å². The first-order valence-corrected chi connectivity index (χ1v) is 6.11. The lowest BCUT2D eigenvalue weighted by atomic mass is 10.6. The number of nitrogens with one attached hydrogen (secondary N) is 2. The predicted octanol–water partition coefficient (Wildman–Crippen LogP) is -0.0595. The van der Waals surface area contributed by atoms with Crippen LogP contribution in [0.3, 0.4) is 0 Å². The average molecular weight is 288 g/mol. The fourth-order valence-corrected chi connectivity index (χ4v) is 1.09. The van der Waals surface area contributed by atoms with Crippen LogP contribution in [0.2, 0.25) is 0 Å². The molecule has 8 heteroatoms. The average Bonchev–Trinajstić information content (AvgIpc) is 2.41. The number of esters is 2. The Morgan fingerprint density at radius 2 is 2.00 bits per heavy atom. The van der Waals surface area contributed by atoms with E-state index in [0.29, 0.717) is 6.61 Å². The summed E-state index contributed by atoms with van der Waals surface area (Å²) < 4.78 is 14.5. The van der Waals surface area contributed by atoms with Crippen molar-refractivity contribution in [3.63, 3.8) is 0 Å². The Hall–Kier alpha value is -2.09. The number of amides is 2. The highest BCUT2D eigenvalue weighted by molar-refractivity contribution is 5.81. The summed E-state index contributed by atoms with van der Waals surface area (Å²) in [6.45, 7) is 6.86. The molecule has 0 saturated heterocycles. The number of ether oxygens (including phenoxy) is 3. The van der Waals surface area contributed by atoms with Crippen LogP contribution in [0.1, 0.15) is 13.8 Å². The molecule has 0 heterocycles. The van der Waals surface area contributed by atoms with Crippen molar-refractivity contribution in [2.75, 3.05) is 26.3 Å². The van der Waals surface area contributed by atoms with Gasteiger partial charge in [0.2, 0.25) is 0 Å². The molecule has 8 nitrogen and oxygen atoms in total. The largest absolute Gasteiger partial charge is 0.461 e. The number of hydrogen-bond donors (Lipinski definition) is 2. The Labute approximate surface area is 117 Å². The first kappa shape index (κ1) is 17.9. The first-order valence-electron chi connectivity index (χ1n) is 6.11. The molecule has 2 N–H and O–H groups in total. The molecule has 0 aliphatic heterocycles. The lowest BCUT2D eigenvalue weighted by Crippen LogP contribution is -2.41. The third kappa shape index (κ3) is 9.89. The van der Waals surface area contributed by atoms with E-state index in [4.69, 9.17) is 9.47 Å². The molecule has 0 radical (unpaired) electrons. The molecule has 0 spiro atoms. The van der Waals surface area contributed by atoms with Gasteiger partial charge in [0.05, 0.1) is 6.54 Å². The van der Waals surface area contributed by atoms with Crippen molar-refractivity contribution in [1.82, 2.24) is 10.6 Å². The van der Waals surface area contributed by atoms with E-state index in [1.54, 1.807) is 13.8 Å². The molecule has 1 unspecified atom stereocenters. The zero-order chi connectivity index (χ0) is 15.4. The van der Waals surface area contributed by atoms with Crippen LogP contribution in [0.5, 0.6) is 0 Å². The van der Waals surface area contributed by atoms with Gasteiger partial charge in [0.25, 0.3) is 0 Å². The van der Waals surface area contributed by atoms with Gasteiger partial charge in [-0.15, -0.1) is 0 Å². The second kappa shape index (κ2) is 10.8. The zero-order valence-electron chi connectivity index (χ0n) is 11.6. The molecule has 0 rings (SSSR count). The molecule has 0 aromatic heterocycles. The van der Waals surface area contributed by atoms with Gasteiger partial charge in [-0.05, 0) is 13.8 Å². The Kier molecular flexibility index (Phi) is 9.67. The van der Waals surface area contributed by atoms with Gasteiger partial charge in [0, 0.05) is 12.7 Å². The van der Waals surface area contributed by atoms with Gasteiger partial charge < -0.3 is 24.8 Å². The summed E-state index contributed by atoms with van der Waals surface area (Å²) in [5.41, 5.74) is 0. The topological polar surface area (TPSA) is 103 Å². The Morgan fingerprint density at radius 1 is 1.30 bits per heavy atom. The van der Waals surface area contributed by atoms with Gasteiger partial charge in [-0.2, -0.15) is 0 Å². The number of hydrogen-bond acceptors (Lipinski definition) is 6. The van der Waals surface area contributed by atoms with Crippen LogP contribution >= 0.6 is 0 Å². The van der Waals surface area contributed by atoms with Crippen molar-refractivity contribution < 1.29 is 28.6 Å². The van der Waals surface area contributed by atoms with E-state index >= 15 is 0 Å². The summed E-state index contributed by atoms with van der Waals surface area (Å²) in [5.74, 6) is -1.18. The van der Waals surface area contributed by atoms with Gasteiger partial charge >= 0.3 is 18.0 Å². The van der Waals surface area contributed by atoms with Crippen molar-refractivity contribution in [3.8, 4) is 0 Å². The van der Waals surface area contributed by atoms with E-state index in [2.05, 4.69) is 21.9 Å². The zero-order valence-corrected chi connectivity index (χ0v) is 11.6. The van der Waals surface area contributed by atoms with E-state index in [9.17, 15) is 14.4 Å².